The molecule has 0 nitrogen and oxygen atoms in total. The van der Waals surface area contributed by atoms with Gasteiger partial charge in [0.05, 0.1) is 0 Å². The normalized spacial score (nSPS) is 15.1. The second kappa shape index (κ2) is 33.0. The summed E-state index contributed by atoms with van der Waals surface area (Å²) in [5.74, 6) is 4.78. The first kappa shape index (κ1) is 41.1. The molecule has 0 spiro atoms. The van der Waals surface area contributed by atoms with Gasteiger partial charge in [-0.1, -0.05) is 193 Å². The van der Waals surface area contributed by atoms with Gasteiger partial charge in [0.25, 0.3) is 0 Å². The van der Waals surface area contributed by atoms with Crippen LogP contribution in [0.5, 0.6) is 0 Å². The van der Waals surface area contributed by atoms with Gasteiger partial charge in [0, 0.05) is 0 Å². The van der Waals surface area contributed by atoms with E-state index in [-0.39, 0.29) is 7.43 Å². The predicted molar refractivity (Wildman–Crippen MR) is 165 cm³/mol. The second-order valence-corrected chi connectivity index (χ2v) is 11.7. The van der Waals surface area contributed by atoms with Crippen molar-refractivity contribution < 1.29 is 0 Å². The number of rotatable bonds is 13. The van der Waals surface area contributed by atoms with Crippen molar-refractivity contribution in [2.75, 3.05) is 0 Å². The Morgan fingerprint density at radius 3 is 1.41 bits per heavy atom. The van der Waals surface area contributed by atoms with Crippen LogP contribution in [0, 0.1) is 29.6 Å². The smallest absolute Gasteiger partial charge is 0.0394 e. The summed E-state index contributed by atoms with van der Waals surface area (Å²) in [6.07, 6.45) is 24.2. The summed E-state index contributed by atoms with van der Waals surface area (Å²) >= 11 is 0. The summed E-state index contributed by atoms with van der Waals surface area (Å²) in [6.45, 7) is 25.2. The molecule has 1 aliphatic carbocycles. The Labute approximate surface area is 222 Å². The SMILES string of the molecule is C.CCC(C)CCC(C)C.CCCC(CC)C(C)C.CCCC1CCCCC1.CCCCCC. The molecule has 2 atom stereocenters. The molecule has 0 saturated heterocycles. The fourth-order valence-electron chi connectivity index (χ4n) is 4.59. The van der Waals surface area contributed by atoms with E-state index in [1.807, 2.05) is 0 Å². The van der Waals surface area contributed by atoms with Crippen LogP contribution in [-0.2, 0) is 0 Å². The van der Waals surface area contributed by atoms with Gasteiger partial charge in [-0.05, 0) is 29.6 Å². The molecule has 0 amide bonds. The highest BCUT2D eigenvalue weighted by Gasteiger charge is 2.11. The first-order valence-corrected chi connectivity index (χ1v) is 15.7. The molecule has 0 heteroatoms. The average molecular weight is 485 g/mol. The highest BCUT2D eigenvalue weighted by Crippen LogP contribution is 2.26. The summed E-state index contributed by atoms with van der Waals surface area (Å²) in [4.78, 5) is 0. The topological polar surface area (TPSA) is 0 Å². The lowest BCUT2D eigenvalue weighted by Gasteiger charge is -2.20. The van der Waals surface area contributed by atoms with Gasteiger partial charge in [0.2, 0.25) is 0 Å². The molecule has 34 heavy (non-hydrogen) atoms. The molecule has 1 rings (SSSR count). The zero-order valence-corrected chi connectivity index (χ0v) is 25.9. The maximum Gasteiger partial charge on any atom is -0.0394 e. The van der Waals surface area contributed by atoms with Crippen molar-refractivity contribution in [3.05, 3.63) is 0 Å². The van der Waals surface area contributed by atoms with Gasteiger partial charge in [-0.15, -0.1) is 0 Å². The van der Waals surface area contributed by atoms with Crippen molar-refractivity contribution in [1.82, 2.24) is 0 Å². The Morgan fingerprint density at radius 1 is 0.588 bits per heavy atom. The van der Waals surface area contributed by atoms with Crippen LogP contribution < -0.4 is 0 Å². The fraction of sp³-hybridized carbons (Fsp3) is 1.00. The third kappa shape index (κ3) is 34.2. The van der Waals surface area contributed by atoms with Crippen LogP contribution >= 0.6 is 0 Å². The standard InChI is InChI=1S/C9H18.2C9H20.C6H14.CH4/c1-2-6-9-7-4-3-5-8-9;1-5-9(4)7-6-8(2)3;1-5-7-9(6-2)8(3)4;1-3-5-6-4-2;/h9H,2-8H2,1H3;2*8-9H,5-7H2,1-4H3;3-6H2,1-2H3;1H4. The Morgan fingerprint density at radius 2 is 1.12 bits per heavy atom. The molecule has 0 N–H and O–H groups in total. The monoisotopic (exact) mass is 485 g/mol. The van der Waals surface area contributed by atoms with Gasteiger partial charge in [-0.2, -0.15) is 0 Å². The van der Waals surface area contributed by atoms with E-state index in [2.05, 4.69) is 76.2 Å². The molecule has 0 heterocycles. The zero-order chi connectivity index (χ0) is 25.9. The lowest BCUT2D eigenvalue weighted by Crippen LogP contribution is -2.06. The van der Waals surface area contributed by atoms with E-state index in [0.29, 0.717) is 0 Å². The van der Waals surface area contributed by atoms with Crippen LogP contribution in [0.25, 0.3) is 0 Å². The Kier molecular flexibility index (Phi) is 39.9. The zero-order valence-electron chi connectivity index (χ0n) is 25.9. The summed E-state index contributed by atoms with van der Waals surface area (Å²) in [5, 5.41) is 0. The van der Waals surface area contributed by atoms with Gasteiger partial charge >= 0.3 is 0 Å². The number of hydrogen-bond acceptors (Lipinski definition) is 0. The van der Waals surface area contributed by atoms with Crippen LogP contribution in [0.1, 0.15) is 193 Å². The first-order valence-electron chi connectivity index (χ1n) is 15.7. The summed E-state index contributed by atoms with van der Waals surface area (Å²) in [5.41, 5.74) is 0. The van der Waals surface area contributed by atoms with Gasteiger partial charge in [0.15, 0.2) is 0 Å². The highest BCUT2D eigenvalue weighted by molar-refractivity contribution is 4.64. The van der Waals surface area contributed by atoms with Crippen LogP contribution in [0.3, 0.4) is 0 Å². The largest absolute Gasteiger partial charge is 0.0776 e. The van der Waals surface area contributed by atoms with Crippen LogP contribution in [-0.4, -0.2) is 0 Å². The lowest BCUT2D eigenvalue weighted by molar-refractivity contribution is 0.336. The van der Waals surface area contributed by atoms with Gasteiger partial charge in [0.1, 0.15) is 0 Å². The molecule has 0 aromatic carbocycles. The van der Waals surface area contributed by atoms with Gasteiger partial charge < -0.3 is 0 Å². The van der Waals surface area contributed by atoms with Gasteiger partial charge in [-0.25, -0.2) is 0 Å². The van der Waals surface area contributed by atoms with Crippen LogP contribution in [0.2, 0.25) is 0 Å². The quantitative estimate of drug-likeness (QED) is 0.228. The minimum absolute atomic E-state index is 0. The molecule has 0 aromatic heterocycles. The third-order valence-corrected chi connectivity index (χ3v) is 7.44. The number of unbranched alkanes of at least 4 members (excludes halogenated alkanes) is 3. The molecule has 212 valence electrons. The van der Waals surface area contributed by atoms with E-state index < -0.39 is 0 Å². The van der Waals surface area contributed by atoms with Crippen molar-refractivity contribution in [1.29, 1.82) is 0 Å². The van der Waals surface area contributed by atoms with E-state index in [9.17, 15) is 0 Å². The number of hydrogen-bond donors (Lipinski definition) is 0. The Bertz CT molecular complexity index is 303. The summed E-state index contributed by atoms with van der Waals surface area (Å²) in [7, 11) is 0. The minimum atomic E-state index is 0. The first-order chi connectivity index (χ1) is 15.7. The highest BCUT2D eigenvalue weighted by atomic mass is 14.2. The molecule has 0 radical (unpaired) electrons. The molecule has 0 bridgehead atoms. The molecule has 1 saturated carbocycles. The predicted octanol–water partition coefficient (Wildman–Crippen LogP) is 13.5. The fourth-order valence-corrected chi connectivity index (χ4v) is 4.59. The maximum absolute atomic E-state index is 2.34. The Balaban J connectivity index is -0.000000177. The molecule has 0 aromatic rings. The lowest BCUT2D eigenvalue weighted by atomic mass is 9.86. The molecular weight excluding hydrogens is 408 g/mol. The van der Waals surface area contributed by atoms with E-state index >= 15 is 0 Å². The molecule has 2 unspecified atom stereocenters. The van der Waals surface area contributed by atoms with Crippen molar-refractivity contribution in [2.24, 2.45) is 29.6 Å². The van der Waals surface area contributed by atoms with Crippen LogP contribution in [0.4, 0.5) is 0 Å². The van der Waals surface area contributed by atoms with E-state index in [0.717, 1.165) is 29.6 Å². The van der Waals surface area contributed by atoms with Crippen LogP contribution in [0.15, 0.2) is 0 Å². The van der Waals surface area contributed by atoms with Gasteiger partial charge in [-0.3, -0.25) is 0 Å². The van der Waals surface area contributed by atoms with Crippen molar-refractivity contribution in [3.8, 4) is 0 Å². The molecule has 1 aliphatic rings. The second-order valence-electron chi connectivity index (χ2n) is 11.7. The van der Waals surface area contributed by atoms with Crippen molar-refractivity contribution in [2.45, 2.75) is 193 Å². The van der Waals surface area contributed by atoms with E-state index in [4.69, 9.17) is 0 Å². The maximum atomic E-state index is 2.34. The van der Waals surface area contributed by atoms with E-state index in [1.165, 1.54) is 109 Å². The van der Waals surface area contributed by atoms with Crippen molar-refractivity contribution in [3.63, 3.8) is 0 Å². The molecular formula is C34H76. The minimum Gasteiger partial charge on any atom is -0.0776 e. The Hall–Kier alpha value is 0. The average Bonchev–Trinajstić information content (AvgIpc) is 2.81. The summed E-state index contributed by atoms with van der Waals surface area (Å²) in [6, 6.07) is 0. The molecule has 1 fully saturated rings. The summed E-state index contributed by atoms with van der Waals surface area (Å²) < 4.78 is 0. The van der Waals surface area contributed by atoms with Crippen molar-refractivity contribution >= 4 is 0 Å². The van der Waals surface area contributed by atoms with E-state index in [1.54, 1.807) is 0 Å². The third-order valence-electron chi connectivity index (χ3n) is 7.44. The molecule has 0 aliphatic heterocycles.